The first kappa shape index (κ1) is 16.9. The van der Waals surface area contributed by atoms with E-state index in [1.165, 1.54) is 0 Å². The molecule has 1 aromatic heterocycles. The van der Waals surface area contributed by atoms with Crippen LogP contribution in [0.3, 0.4) is 0 Å². The zero-order valence-electron chi connectivity index (χ0n) is 14.3. The maximum Gasteiger partial charge on any atom is 0.252 e. The number of amides is 1. The number of nitrogens with zero attached hydrogens (tertiary/aromatic N) is 2. The van der Waals surface area contributed by atoms with Gasteiger partial charge < -0.3 is 14.6 Å². The SMILES string of the molecule is COCc1cccc(C(=O)N[C@@H](c2ccccc2)c2nccn2C)c1. The Bertz CT molecular complexity index is 843. The van der Waals surface area contributed by atoms with Crippen molar-refractivity contribution in [2.75, 3.05) is 7.11 Å². The van der Waals surface area contributed by atoms with Crippen LogP contribution in [0.15, 0.2) is 67.0 Å². The Labute approximate surface area is 147 Å². The molecule has 0 unspecified atom stereocenters. The Morgan fingerprint density at radius 1 is 1.20 bits per heavy atom. The van der Waals surface area contributed by atoms with Gasteiger partial charge in [-0.25, -0.2) is 4.98 Å². The number of benzene rings is 2. The first-order valence-electron chi connectivity index (χ1n) is 8.10. The van der Waals surface area contributed by atoms with Gasteiger partial charge in [0.1, 0.15) is 11.9 Å². The van der Waals surface area contributed by atoms with Crippen LogP contribution in [-0.2, 0) is 18.4 Å². The molecule has 0 saturated carbocycles. The minimum atomic E-state index is -0.320. The number of ether oxygens (including phenoxy) is 1. The average Bonchev–Trinajstić information content (AvgIpc) is 3.06. The van der Waals surface area contributed by atoms with Crippen LogP contribution in [-0.4, -0.2) is 22.6 Å². The highest BCUT2D eigenvalue weighted by Gasteiger charge is 2.21. The standard InChI is InChI=1S/C20H21N3O2/c1-23-12-11-21-19(23)18(16-8-4-3-5-9-16)22-20(24)17-10-6-7-15(13-17)14-25-2/h3-13,18H,14H2,1-2H3,(H,22,24)/t18-/m0/s1. The predicted octanol–water partition coefficient (Wildman–Crippen LogP) is 3.09. The molecule has 0 aliphatic heterocycles. The summed E-state index contributed by atoms with van der Waals surface area (Å²) in [7, 11) is 3.56. The van der Waals surface area contributed by atoms with Crippen LogP contribution in [0.5, 0.6) is 0 Å². The third-order valence-electron chi connectivity index (χ3n) is 4.03. The normalized spacial score (nSPS) is 11.9. The van der Waals surface area contributed by atoms with Crippen molar-refractivity contribution >= 4 is 5.91 Å². The largest absolute Gasteiger partial charge is 0.380 e. The van der Waals surface area contributed by atoms with E-state index in [1.54, 1.807) is 19.4 Å². The lowest BCUT2D eigenvalue weighted by atomic mass is 10.0. The zero-order valence-corrected chi connectivity index (χ0v) is 14.3. The summed E-state index contributed by atoms with van der Waals surface area (Å²) in [6, 6.07) is 17.0. The number of rotatable bonds is 6. The van der Waals surface area contributed by atoms with Gasteiger partial charge in [-0.1, -0.05) is 42.5 Å². The second kappa shape index (κ2) is 7.77. The molecule has 3 aromatic rings. The number of methoxy groups -OCH3 is 1. The van der Waals surface area contributed by atoms with E-state index < -0.39 is 0 Å². The maximum atomic E-state index is 12.8. The number of nitrogens with one attached hydrogen (secondary N) is 1. The fraction of sp³-hybridized carbons (Fsp3) is 0.200. The third-order valence-corrected chi connectivity index (χ3v) is 4.03. The highest BCUT2D eigenvalue weighted by atomic mass is 16.5. The number of carbonyl (C=O) groups excluding carboxylic acids is 1. The van der Waals surface area contributed by atoms with Crippen molar-refractivity contribution in [1.82, 2.24) is 14.9 Å². The van der Waals surface area contributed by atoms with Crippen LogP contribution >= 0.6 is 0 Å². The minimum Gasteiger partial charge on any atom is -0.380 e. The Morgan fingerprint density at radius 3 is 2.68 bits per heavy atom. The van der Waals surface area contributed by atoms with Gasteiger partial charge in [-0.2, -0.15) is 0 Å². The molecule has 0 radical (unpaired) electrons. The van der Waals surface area contributed by atoms with Crippen LogP contribution in [0, 0.1) is 0 Å². The van der Waals surface area contributed by atoms with Gasteiger partial charge in [-0.15, -0.1) is 0 Å². The summed E-state index contributed by atoms with van der Waals surface area (Å²) < 4.78 is 7.06. The van der Waals surface area contributed by atoms with E-state index in [0.29, 0.717) is 12.2 Å². The van der Waals surface area contributed by atoms with Gasteiger partial charge >= 0.3 is 0 Å². The van der Waals surface area contributed by atoms with Gasteiger partial charge in [-0.3, -0.25) is 4.79 Å². The van der Waals surface area contributed by atoms with Gasteiger partial charge in [0.2, 0.25) is 0 Å². The smallest absolute Gasteiger partial charge is 0.252 e. The fourth-order valence-electron chi connectivity index (χ4n) is 2.78. The van der Waals surface area contributed by atoms with Gasteiger partial charge in [0.15, 0.2) is 0 Å². The molecule has 25 heavy (non-hydrogen) atoms. The summed E-state index contributed by atoms with van der Waals surface area (Å²) in [5.74, 6) is 0.641. The van der Waals surface area contributed by atoms with Crippen LogP contribution in [0.2, 0.25) is 0 Å². The Morgan fingerprint density at radius 2 is 2.00 bits per heavy atom. The molecule has 3 rings (SSSR count). The predicted molar refractivity (Wildman–Crippen MR) is 96.1 cm³/mol. The third kappa shape index (κ3) is 3.95. The van der Waals surface area contributed by atoms with Crippen LogP contribution < -0.4 is 5.32 Å². The average molecular weight is 335 g/mol. The van der Waals surface area contributed by atoms with E-state index in [1.807, 2.05) is 66.3 Å². The van der Waals surface area contributed by atoms with Gasteiger partial charge in [0.25, 0.3) is 5.91 Å². The summed E-state index contributed by atoms with van der Waals surface area (Å²) in [4.78, 5) is 17.2. The second-order valence-corrected chi connectivity index (χ2v) is 5.85. The van der Waals surface area contributed by atoms with Gasteiger partial charge in [0.05, 0.1) is 6.61 Å². The van der Waals surface area contributed by atoms with E-state index in [-0.39, 0.29) is 11.9 Å². The summed E-state index contributed by atoms with van der Waals surface area (Å²) >= 11 is 0. The lowest BCUT2D eigenvalue weighted by Gasteiger charge is -2.19. The molecule has 0 fully saturated rings. The van der Waals surface area contributed by atoms with Gasteiger partial charge in [-0.05, 0) is 23.3 Å². The number of carbonyl (C=O) groups is 1. The monoisotopic (exact) mass is 335 g/mol. The summed E-state index contributed by atoms with van der Waals surface area (Å²) in [6.45, 7) is 0.475. The Kier molecular flexibility index (Phi) is 5.26. The molecule has 0 saturated heterocycles. The highest BCUT2D eigenvalue weighted by Crippen LogP contribution is 2.21. The molecule has 1 atom stereocenters. The molecule has 1 amide bonds. The highest BCUT2D eigenvalue weighted by molar-refractivity contribution is 5.94. The maximum absolute atomic E-state index is 12.8. The van der Waals surface area contributed by atoms with Crippen LogP contribution in [0.4, 0.5) is 0 Å². The van der Waals surface area contributed by atoms with Crippen molar-refractivity contribution in [1.29, 1.82) is 0 Å². The first-order valence-corrected chi connectivity index (χ1v) is 8.10. The van der Waals surface area contributed by atoms with Crippen LogP contribution in [0.25, 0.3) is 0 Å². The molecule has 0 aliphatic carbocycles. The van der Waals surface area contributed by atoms with Crippen LogP contribution in [0.1, 0.15) is 33.4 Å². The molecule has 0 spiro atoms. The first-order chi connectivity index (χ1) is 12.2. The molecule has 5 nitrogen and oxygen atoms in total. The second-order valence-electron chi connectivity index (χ2n) is 5.85. The number of hydrogen-bond acceptors (Lipinski definition) is 3. The molecule has 128 valence electrons. The molecule has 1 heterocycles. The van der Waals surface area contributed by atoms with E-state index in [4.69, 9.17) is 4.74 Å². The van der Waals surface area contributed by atoms with E-state index in [9.17, 15) is 4.79 Å². The fourth-order valence-corrected chi connectivity index (χ4v) is 2.78. The summed E-state index contributed by atoms with van der Waals surface area (Å²) in [5.41, 5.74) is 2.55. The lowest BCUT2D eigenvalue weighted by Crippen LogP contribution is -2.31. The molecule has 0 bridgehead atoms. The molecule has 5 heteroatoms. The lowest BCUT2D eigenvalue weighted by molar-refractivity contribution is 0.0941. The number of imidazole rings is 1. The Hall–Kier alpha value is -2.92. The Balaban J connectivity index is 1.89. The minimum absolute atomic E-state index is 0.144. The van der Waals surface area contributed by atoms with Crippen molar-refractivity contribution in [2.24, 2.45) is 7.05 Å². The number of hydrogen-bond donors (Lipinski definition) is 1. The molecular weight excluding hydrogens is 314 g/mol. The van der Waals surface area contributed by atoms with Crippen molar-refractivity contribution in [3.8, 4) is 0 Å². The quantitative estimate of drug-likeness (QED) is 0.753. The number of aryl methyl sites for hydroxylation is 1. The topological polar surface area (TPSA) is 56.1 Å². The number of aromatic nitrogens is 2. The van der Waals surface area contributed by atoms with Gasteiger partial charge in [0, 0.05) is 32.1 Å². The van der Waals surface area contributed by atoms with Crippen molar-refractivity contribution in [3.63, 3.8) is 0 Å². The van der Waals surface area contributed by atoms with Crippen molar-refractivity contribution in [3.05, 3.63) is 89.5 Å². The molecule has 2 aromatic carbocycles. The summed E-state index contributed by atoms with van der Waals surface area (Å²) in [6.07, 6.45) is 3.60. The molecular formula is C20H21N3O2. The molecule has 0 aliphatic rings. The molecule has 1 N–H and O–H groups in total. The van der Waals surface area contributed by atoms with Crippen molar-refractivity contribution < 1.29 is 9.53 Å². The van der Waals surface area contributed by atoms with E-state index in [0.717, 1.165) is 17.0 Å². The zero-order chi connectivity index (χ0) is 17.6. The summed E-state index contributed by atoms with van der Waals surface area (Å²) in [5, 5.41) is 3.10. The van der Waals surface area contributed by atoms with E-state index in [2.05, 4.69) is 10.3 Å². The van der Waals surface area contributed by atoms with Crippen molar-refractivity contribution in [2.45, 2.75) is 12.6 Å². The van der Waals surface area contributed by atoms with E-state index >= 15 is 0 Å².